The Morgan fingerprint density at radius 1 is 1.10 bits per heavy atom. The highest BCUT2D eigenvalue weighted by atomic mass is 127. The minimum absolute atomic E-state index is 0. The SMILES string of the molecule is CCNC(=NCCOCc1ccccc1OC)NCCc1cccc(C(=O)NC)c1.I. The van der Waals surface area contributed by atoms with Crippen LogP contribution < -0.4 is 20.7 Å². The molecule has 0 radical (unpaired) electrons. The first-order chi connectivity index (χ1) is 14.7. The van der Waals surface area contributed by atoms with Crippen LogP contribution in [-0.4, -0.2) is 52.3 Å². The average molecular weight is 540 g/mol. The van der Waals surface area contributed by atoms with Gasteiger partial charge in [0.15, 0.2) is 5.96 Å². The monoisotopic (exact) mass is 540 g/mol. The van der Waals surface area contributed by atoms with Gasteiger partial charge in [-0.1, -0.05) is 30.3 Å². The largest absolute Gasteiger partial charge is 0.496 e. The predicted molar refractivity (Wildman–Crippen MR) is 136 cm³/mol. The molecule has 8 heteroatoms. The van der Waals surface area contributed by atoms with Crippen molar-refractivity contribution >= 4 is 35.8 Å². The highest BCUT2D eigenvalue weighted by molar-refractivity contribution is 14.0. The number of nitrogens with zero attached hydrogens (tertiary/aromatic N) is 1. The number of rotatable bonds is 11. The van der Waals surface area contributed by atoms with Crippen molar-refractivity contribution in [1.29, 1.82) is 0 Å². The Morgan fingerprint density at radius 3 is 2.65 bits per heavy atom. The molecule has 0 saturated heterocycles. The van der Waals surface area contributed by atoms with Crippen LogP contribution in [0, 0.1) is 0 Å². The molecule has 0 saturated carbocycles. The molecule has 170 valence electrons. The van der Waals surface area contributed by atoms with Crippen LogP contribution >= 0.6 is 24.0 Å². The Kier molecular flexibility index (Phi) is 13.3. The maximum atomic E-state index is 11.8. The van der Waals surface area contributed by atoms with E-state index in [-0.39, 0.29) is 29.9 Å². The molecule has 0 aromatic heterocycles. The van der Waals surface area contributed by atoms with Gasteiger partial charge in [-0.05, 0) is 37.1 Å². The minimum atomic E-state index is -0.0761. The zero-order valence-corrected chi connectivity index (χ0v) is 20.8. The van der Waals surface area contributed by atoms with Gasteiger partial charge >= 0.3 is 0 Å². The van der Waals surface area contributed by atoms with E-state index in [1.54, 1.807) is 14.2 Å². The smallest absolute Gasteiger partial charge is 0.251 e. The summed E-state index contributed by atoms with van der Waals surface area (Å²) in [6, 6.07) is 15.5. The number of amides is 1. The quantitative estimate of drug-likeness (QED) is 0.177. The molecule has 0 unspecified atom stereocenters. The number of hydrogen-bond acceptors (Lipinski definition) is 4. The highest BCUT2D eigenvalue weighted by Gasteiger charge is 2.04. The lowest BCUT2D eigenvalue weighted by atomic mass is 10.1. The second-order valence-corrected chi connectivity index (χ2v) is 6.58. The number of para-hydroxylation sites is 1. The van der Waals surface area contributed by atoms with Gasteiger partial charge < -0.3 is 25.4 Å². The number of ether oxygens (including phenoxy) is 2. The van der Waals surface area contributed by atoms with E-state index >= 15 is 0 Å². The fourth-order valence-electron chi connectivity index (χ4n) is 2.91. The van der Waals surface area contributed by atoms with Crippen molar-refractivity contribution in [2.24, 2.45) is 4.99 Å². The molecule has 0 bridgehead atoms. The van der Waals surface area contributed by atoms with Crippen LogP contribution in [0.2, 0.25) is 0 Å². The van der Waals surface area contributed by atoms with Crippen LogP contribution in [0.3, 0.4) is 0 Å². The number of halogens is 1. The molecule has 2 aromatic carbocycles. The first-order valence-corrected chi connectivity index (χ1v) is 10.2. The molecule has 0 aliphatic carbocycles. The van der Waals surface area contributed by atoms with E-state index in [2.05, 4.69) is 20.9 Å². The van der Waals surface area contributed by atoms with Gasteiger partial charge in [-0.15, -0.1) is 24.0 Å². The lowest BCUT2D eigenvalue weighted by molar-refractivity contribution is 0.0963. The topological polar surface area (TPSA) is 84.0 Å². The minimum Gasteiger partial charge on any atom is -0.496 e. The third-order valence-electron chi connectivity index (χ3n) is 4.42. The molecule has 0 atom stereocenters. The summed E-state index contributed by atoms with van der Waals surface area (Å²) >= 11 is 0. The van der Waals surface area contributed by atoms with Crippen LogP contribution in [0.5, 0.6) is 5.75 Å². The van der Waals surface area contributed by atoms with Crippen LogP contribution in [0.15, 0.2) is 53.5 Å². The molecular formula is C23H33IN4O3. The van der Waals surface area contributed by atoms with Crippen molar-refractivity contribution in [2.45, 2.75) is 20.0 Å². The normalized spacial score (nSPS) is 10.7. The van der Waals surface area contributed by atoms with Gasteiger partial charge in [-0.25, -0.2) is 0 Å². The van der Waals surface area contributed by atoms with Gasteiger partial charge in [0.1, 0.15) is 5.75 Å². The van der Waals surface area contributed by atoms with Crippen LogP contribution in [-0.2, 0) is 17.8 Å². The van der Waals surface area contributed by atoms with E-state index in [0.29, 0.717) is 31.9 Å². The number of carbonyl (C=O) groups excluding carboxylic acids is 1. The second-order valence-electron chi connectivity index (χ2n) is 6.58. The number of guanidine groups is 1. The summed E-state index contributed by atoms with van der Waals surface area (Å²) in [4.78, 5) is 16.3. The Balaban J connectivity index is 0.00000480. The van der Waals surface area contributed by atoms with E-state index in [1.165, 1.54) is 0 Å². The Bertz CT molecular complexity index is 830. The number of hydrogen-bond donors (Lipinski definition) is 3. The average Bonchev–Trinajstić information content (AvgIpc) is 2.78. The van der Waals surface area contributed by atoms with Crippen molar-refractivity contribution in [3.05, 3.63) is 65.2 Å². The molecule has 0 aliphatic rings. The molecule has 2 aromatic rings. The maximum absolute atomic E-state index is 11.8. The standard InChI is InChI=1S/C23H32N4O3.HI/c1-4-25-23(26-13-12-18-8-7-10-19(16-18)22(28)24-2)27-14-15-30-17-20-9-5-6-11-21(20)29-3;/h5-11,16H,4,12-15,17H2,1-3H3,(H,24,28)(H2,25,26,27);1H. The molecular weight excluding hydrogens is 507 g/mol. The summed E-state index contributed by atoms with van der Waals surface area (Å²) in [7, 11) is 3.29. The number of carbonyl (C=O) groups is 1. The van der Waals surface area contributed by atoms with E-state index < -0.39 is 0 Å². The molecule has 0 aliphatic heterocycles. The molecule has 1 amide bonds. The molecule has 0 fully saturated rings. The zero-order chi connectivity index (χ0) is 21.6. The summed E-state index contributed by atoms with van der Waals surface area (Å²) < 4.78 is 11.1. The van der Waals surface area contributed by atoms with E-state index in [9.17, 15) is 4.79 Å². The predicted octanol–water partition coefficient (Wildman–Crippen LogP) is 2.99. The Morgan fingerprint density at radius 2 is 1.90 bits per heavy atom. The Hall–Kier alpha value is -2.33. The van der Waals surface area contributed by atoms with Crippen LogP contribution in [0.25, 0.3) is 0 Å². The number of aliphatic imine (C=N–C) groups is 1. The van der Waals surface area contributed by atoms with Crippen molar-refractivity contribution in [1.82, 2.24) is 16.0 Å². The van der Waals surface area contributed by atoms with Gasteiger partial charge in [0.25, 0.3) is 5.91 Å². The lowest BCUT2D eigenvalue weighted by Crippen LogP contribution is -2.38. The number of nitrogens with one attached hydrogen (secondary N) is 3. The van der Waals surface area contributed by atoms with E-state index in [0.717, 1.165) is 35.8 Å². The third-order valence-corrected chi connectivity index (χ3v) is 4.42. The maximum Gasteiger partial charge on any atom is 0.251 e. The summed E-state index contributed by atoms with van der Waals surface area (Å²) in [5.41, 5.74) is 2.79. The molecule has 31 heavy (non-hydrogen) atoms. The van der Waals surface area contributed by atoms with Crippen molar-refractivity contribution in [3.63, 3.8) is 0 Å². The van der Waals surface area contributed by atoms with Crippen LogP contribution in [0.1, 0.15) is 28.4 Å². The van der Waals surface area contributed by atoms with Gasteiger partial charge in [0, 0.05) is 31.3 Å². The Labute approximate surface area is 202 Å². The van der Waals surface area contributed by atoms with Gasteiger partial charge in [-0.3, -0.25) is 9.79 Å². The van der Waals surface area contributed by atoms with E-state index in [4.69, 9.17) is 9.47 Å². The van der Waals surface area contributed by atoms with Gasteiger partial charge in [-0.2, -0.15) is 0 Å². The summed E-state index contributed by atoms with van der Waals surface area (Å²) in [6.07, 6.45) is 0.791. The molecule has 0 heterocycles. The summed E-state index contributed by atoms with van der Waals surface area (Å²) in [5, 5.41) is 9.20. The highest BCUT2D eigenvalue weighted by Crippen LogP contribution is 2.17. The van der Waals surface area contributed by atoms with Gasteiger partial charge in [0.05, 0.1) is 26.9 Å². The summed E-state index contributed by atoms with van der Waals surface area (Å²) in [5.74, 6) is 1.50. The zero-order valence-electron chi connectivity index (χ0n) is 18.4. The fraction of sp³-hybridized carbons (Fsp3) is 0.391. The van der Waals surface area contributed by atoms with Gasteiger partial charge in [0.2, 0.25) is 0 Å². The number of methoxy groups -OCH3 is 1. The molecule has 7 nitrogen and oxygen atoms in total. The number of benzene rings is 2. The molecule has 0 spiro atoms. The fourth-order valence-corrected chi connectivity index (χ4v) is 2.91. The molecule has 3 N–H and O–H groups in total. The first kappa shape index (κ1) is 26.7. The van der Waals surface area contributed by atoms with Crippen molar-refractivity contribution in [3.8, 4) is 5.75 Å². The van der Waals surface area contributed by atoms with E-state index in [1.807, 2.05) is 55.5 Å². The van der Waals surface area contributed by atoms with Crippen LogP contribution in [0.4, 0.5) is 0 Å². The first-order valence-electron chi connectivity index (χ1n) is 10.2. The second kappa shape index (κ2) is 15.5. The third kappa shape index (κ3) is 9.56. The lowest BCUT2D eigenvalue weighted by Gasteiger charge is -2.12. The summed E-state index contributed by atoms with van der Waals surface area (Å²) in [6.45, 7) is 5.08. The van der Waals surface area contributed by atoms with Crippen molar-refractivity contribution < 1.29 is 14.3 Å². The van der Waals surface area contributed by atoms with Crippen molar-refractivity contribution in [2.75, 3.05) is 40.4 Å². The molecule has 2 rings (SSSR count).